The Kier molecular flexibility index (Phi) is 15.6. The molecule has 0 saturated carbocycles. The quantitative estimate of drug-likeness (QED) is 0.146. The van der Waals surface area contributed by atoms with Crippen LogP contribution in [0.4, 0.5) is 0 Å². The van der Waals surface area contributed by atoms with Crippen molar-refractivity contribution in [1.82, 2.24) is 0 Å². The fraction of sp³-hybridized carbons (Fsp3) is 0.314. The molecule has 0 N–H and O–H groups in total. The van der Waals surface area contributed by atoms with Crippen LogP contribution in [-0.4, -0.2) is 0 Å². The Labute approximate surface area is 610 Å². The Morgan fingerprint density at radius 2 is 0.373 bits per heavy atom. The lowest BCUT2D eigenvalue weighted by molar-refractivity contribution is 0.568. The molecular weight excluding hydrogens is 1230 g/mol. The Bertz CT molecular complexity index is 5160. The van der Waals surface area contributed by atoms with Crippen LogP contribution in [0, 0.1) is 0 Å². The van der Waals surface area contributed by atoms with E-state index in [4.69, 9.17) is 0 Å². The van der Waals surface area contributed by atoms with Gasteiger partial charge in [0.1, 0.15) is 0 Å². The van der Waals surface area contributed by atoms with Crippen molar-refractivity contribution in [3.63, 3.8) is 0 Å². The standard InChI is InChI=1S/C102H106/c1-95(2,3)65-43-61(44-66(51-65)96(4,5)6)85-73-39-31-32-40-74(73)86(62-45-67(97(7,8)9)52-68(46-62)98(10,11)12)80-58-82-81(57-79(80)85)89-77(59-35-27-25-28-36-59)55-83-91-84(56-78(90(82)94(89)91)60-37-29-26-30-38-60)93-88(64-49-71(101(19,20)21)54-72(50-64)102(22,23)24)76-42-34-33-41-75(76)87(92(83)93)63-47-69(99(13,14)15)53-70(48-63)100(16,17)18/h25-58H,1-24H3. The molecule has 0 nitrogen and oxygen atoms in total. The molecule has 2 aliphatic rings. The minimum atomic E-state index is -0.113. The lowest BCUT2D eigenvalue weighted by Crippen LogP contribution is -2.17. The summed E-state index contributed by atoms with van der Waals surface area (Å²) in [6.07, 6.45) is 0. The van der Waals surface area contributed by atoms with E-state index in [9.17, 15) is 0 Å². The maximum absolute atomic E-state index is 2.69. The monoisotopic (exact) mass is 1330 g/mol. The van der Waals surface area contributed by atoms with E-state index in [1.165, 1.54) is 199 Å². The second-order valence-corrected chi connectivity index (χ2v) is 38.7. The molecule has 0 atom stereocenters. The minimum absolute atomic E-state index is 0.103. The van der Waals surface area contributed by atoms with E-state index in [1.807, 2.05) is 0 Å². The van der Waals surface area contributed by atoms with E-state index in [1.54, 1.807) is 0 Å². The first-order valence-corrected chi connectivity index (χ1v) is 37.7. The average molecular weight is 1330 g/mol. The van der Waals surface area contributed by atoms with Gasteiger partial charge in [0.2, 0.25) is 0 Å². The van der Waals surface area contributed by atoms with Crippen LogP contribution in [0.15, 0.2) is 206 Å². The van der Waals surface area contributed by atoms with Crippen LogP contribution >= 0.6 is 0 Å². The summed E-state index contributed by atoms with van der Waals surface area (Å²) in [7, 11) is 0. The molecular formula is C102H106. The summed E-state index contributed by atoms with van der Waals surface area (Å²) in [5.41, 5.74) is 35.5. The molecule has 0 spiro atoms. The number of hydrogen-bond donors (Lipinski definition) is 0. The highest BCUT2D eigenvalue weighted by Gasteiger charge is 2.40. The van der Waals surface area contributed by atoms with Gasteiger partial charge in [0.25, 0.3) is 0 Å². The van der Waals surface area contributed by atoms with E-state index in [0.717, 1.165) is 0 Å². The summed E-state index contributed by atoms with van der Waals surface area (Å²) < 4.78 is 0. The molecule has 0 amide bonds. The lowest BCUT2D eigenvalue weighted by Gasteiger charge is -2.29. The molecule has 13 aromatic rings. The Balaban J connectivity index is 1.20. The molecule has 0 radical (unpaired) electrons. The summed E-state index contributed by atoms with van der Waals surface area (Å²) in [6, 6.07) is 82.9. The number of benzene rings is 13. The third-order valence-electron chi connectivity index (χ3n) is 22.8. The summed E-state index contributed by atoms with van der Waals surface area (Å²) in [5.74, 6) is 0. The van der Waals surface area contributed by atoms with E-state index < -0.39 is 0 Å². The fourth-order valence-electron chi connectivity index (χ4n) is 16.7. The van der Waals surface area contributed by atoms with Gasteiger partial charge in [-0.25, -0.2) is 0 Å². The van der Waals surface area contributed by atoms with Gasteiger partial charge in [-0.15, -0.1) is 0 Å². The molecule has 0 bridgehead atoms. The number of fused-ring (bicyclic) bond motifs is 9. The maximum Gasteiger partial charge on any atom is -0.000136 e. The molecule has 0 fully saturated rings. The largest absolute Gasteiger partial charge is 0.0622 e. The van der Waals surface area contributed by atoms with Crippen LogP contribution in [0.25, 0.3) is 154 Å². The third kappa shape index (κ3) is 11.5. The summed E-state index contributed by atoms with van der Waals surface area (Å²) in [5, 5.41) is 10.3. The minimum Gasteiger partial charge on any atom is -0.0622 e. The Morgan fingerprint density at radius 1 is 0.147 bits per heavy atom. The average Bonchev–Trinajstić information content (AvgIpc) is 1.49. The third-order valence-corrected chi connectivity index (χ3v) is 22.8. The molecule has 0 aliphatic heterocycles. The van der Waals surface area contributed by atoms with E-state index >= 15 is 0 Å². The number of rotatable bonds is 6. The van der Waals surface area contributed by atoms with E-state index in [-0.39, 0.29) is 43.3 Å². The number of hydrogen-bond acceptors (Lipinski definition) is 0. The van der Waals surface area contributed by atoms with Crippen LogP contribution < -0.4 is 0 Å². The Morgan fingerprint density at radius 3 is 0.618 bits per heavy atom. The molecule has 0 heterocycles. The molecule has 0 heteroatoms. The first kappa shape index (κ1) is 68.7. The highest BCUT2D eigenvalue weighted by molar-refractivity contribution is 6.37. The van der Waals surface area contributed by atoms with E-state index in [0.29, 0.717) is 0 Å². The van der Waals surface area contributed by atoms with Crippen molar-refractivity contribution in [2.75, 3.05) is 0 Å². The van der Waals surface area contributed by atoms with Gasteiger partial charge in [-0.2, -0.15) is 0 Å². The van der Waals surface area contributed by atoms with Gasteiger partial charge in [-0.05, 0) is 266 Å². The first-order chi connectivity index (χ1) is 47.6. The molecule has 2 aliphatic carbocycles. The molecule has 0 saturated heterocycles. The van der Waals surface area contributed by atoms with Crippen molar-refractivity contribution in [3.05, 3.63) is 251 Å². The van der Waals surface area contributed by atoms with Crippen LogP contribution in [0.3, 0.4) is 0 Å². The summed E-state index contributed by atoms with van der Waals surface area (Å²) >= 11 is 0. The highest BCUT2D eigenvalue weighted by Crippen LogP contribution is 2.66. The van der Waals surface area contributed by atoms with Crippen molar-refractivity contribution in [1.29, 1.82) is 0 Å². The summed E-state index contributed by atoms with van der Waals surface area (Å²) in [6.45, 7) is 57.2. The van der Waals surface area contributed by atoms with Gasteiger partial charge in [-0.3, -0.25) is 0 Å². The van der Waals surface area contributed by atoms with Crippen LogP contribution in [-0.2, 0) is 43.3 Å². The van der Waals surface area contributed by atoms with Gasteiger partial charge in [0, 0.05) is 0 Å². The molecule has 13 aromatic carbocycles. The molecule has 102 heavy (non-hydrogen) atoms. The van der Waals surface area contributed by atoms with Gasteiger partial charge in [0.15, 0.2) is 0 Å². The van der Waals surface area contributed by atoms with Gasteiger partial charge < -0.3 is 0 Å². The first-order valence-electron chi connectivity index (χ1n) is 37.7. The van der Waals surface area contributed by atoms with Crippen LogP contribution in [0.5, 0.6) is 0 Å². The smallest absolute Gasteiger partial charge is 0.000136 e. The predicted octanol–water partition coefficient (Wildman–Crippen LogP) is 30.0. The Hall–Kier alpha value is -9.10. The lowest BCUT2D eigenvalue weighted by atomic mass is 9.75. The fourth-order valence-corrected chi connectivity index (χ4v) is 16.7. The zero-order valence-corrected chi connectivity index (χ0v) is 65.6. The van der Waals surface area contributed by atoms with Crippen molar-refractivity contribution < 1.29 is 0 Å². The van der Waals surface area contributed by atoms with Crippen molar-refractivity contribution in [2.24, 2.45) is 0 Å². The van der Waals surface area contributed by atoms with Gasteiger partial charge in [0.05, 0.1) is 0 Å². The zero-order valence-electron chi connectivity index (χ0n) is 65.6. The highest BCUT2D eigenvalue weighted by atomic mass is 14.4. The predicted molar refractivity (Wildman–Crippen MR) is 448 cm³/mol. The second kappa shape index (κ2) is 23.2. The topological polar surface area (TPSA) is 0 Å². The molecule has 15 rings (SSSR count). The van der Waals surface area contributed by atoms with Crippen LogP contribution in [0.2, 0.25) is 0 Å². The second-order valence-electron chi connectivity index (χ2n) is 38.7. The van der Waals surface area contributed by atoms with Crippen molar-refractivity contribution in [3.8, 4) is 111 Å². The molecule has 0 aromatic heterocycles. The normalized spacial score (nSPS) is 13.5. The van der Waals surface area contributed by atoms with Crippen LogP contribution in [0.1, 0.15) is 211 Å². The SMILES string of the molecule is CC(C)(C)c1cc(-c2c3c(c(-c4cc(C(C)(C)C)cc(C(C)(C)C)c4)c4ccccc24)-c2cc(-c4ccccc4)c4c5c(c(-c6ccccc6)cc-3c25)-c2cc3c(-c5cc(C(C)(C)C)cc(C(C)(C)C)c5)c5ccccc5c(-c5cc(C(C)(C)C)cc(C(C)(C)C)c5)c3cc2-4)cc(C(C)(C)C)c1. The maximum atomic E-state index is 2.69. The molecule has 514 valence electrons. The summed E-state index contributed by atoms with van der Waals surface area (Å²) in [4.78, 5) is 0. The van der Waals surface area contributed by atoms with Crippen molar-refractivity contribution >= 4 is 43.1 Å². The van der Waals surface area contributed by atoms with E-state index in [2.05, 4.69) is 372 Å². The van der Waals surface area contributed by atoms with Crippen molar-refractivity contribution in [2.45, 2.75) is 209 Å². The van der Waals surface area contributed by atoms with Gasteiger partial charge in [-0.1, -0.05) is 348 Å². The molecule has 0 unspecified atom stereocenters. The zero-order chi connectivity index (χ0) is 72.8. The van der Waals surface area contributed by atoms with Gasteiger partial charge >= 0.3 is 0 Å².